The predicted molar refractivity (Wildman–Crippen MR) is 78.8 cm³/mol. The molecule has 0 saturated carbocycles. The molecule has 0 radical (unpaired) electrons. The number of aryl methyl sites for hydroxylation is 1. The molecule has 1 aromatic carbocycles. The summed E-state index contributed by atoms with van der Waals surface area (Å²) in [4.78, 5) is 12.1. The standard InChI is InChI=1S/C15H17ClN2O2/c1-10(14(19)11-5-7-12(16)8-6-11)17-15(20)13-4-3-9-18(13)2/h3-10,14,19H,1-2H3,(H,17,20). The second-order valence-corrected chi connectivity index (χ2v) is 5.20. The fourth-order valence-corrected chi connectivity index (χ4v) is 2.13. The van der Waals surface area contributed by atoms with Gasteiger partial charge in [0.15, 0.2) is 0 Å². The van der Waals surface area contributed by atoms with Crippen molar-refractivity contribution in [1.82, 2.24) is 9.88 Å². The van der Waals surface area contributed by atoms with E-state index in [4.69, 9.17) is 11.6 Å². The van der Waals surface area contributed by atoms with Crippen molar-refractivity contribution < 1.29 is 9.90 Å². The van der Waals surface area contributed by atoms with Crippen LogP contribution in [0.2, 0.25) is 5.02 Å². The average Bonchev–Trinajstić information content (AvgIpc) is 2.85. The first-order valence-corrected chi connectivity index (χ1v) is 6.72. The van der Waals surface area contributed by atoms with Crippen LogP contribution in [0.1, 0.15) is 29.1 Å². The minimum Gasteiger partial charge on any atom is -0.386 e. The molecule has 2 atom stereocenters. The summed E-state index contributed by atoms with van der Waals surface area (Å²) in [6, 6.07) is 10.1. The van der Waals surface area contributed by atoms with Gasteiger partial charge in [-0.25, -0.2) is 0 Å². The number of aliphatic hydroxyl groups excluding tert-OH is 1. The molecular weight excluding hydrogens is 276 g/mol. The van der Waals surface area contributed by atoms with Crippen LogP contribution >= 0.6 is 11.6 Å². The number of nitrogens with one attached hydrogen (secondary N) is 1. The first-order chi connectivity index (χ1) is 9.49. The van der Waals surface area contributed by atoms with Gasteiger partial charge >= 0.3 is 0 Å². The molecule has 5 heteroatoms. The summed E-state index contributed by atoms with van der Waals surface area (Å²) in [6.07, 6.45) is 1.02. The van der Waals surface area contributed by atoms with E-state index in [0.717, 1.165) is 0 Å². The maximum Gasteiger partial charge on any atom is 0.268 e. The van der Waals surface area contributed by atoms with E-state index in [1.54, 1.807) is 61.1 Å². The van der Waals surface area contributed by atoms with Gasteiger partial charge in [0, 0.05) is 18.3 Å². The van der Waals surface area contributed by atoms with Gasteiger partial charge in [-0.2, -0.15) is 0 Å². The Bertz CT molecular complexity index is 592. The van der Waals surface area contributed by atoms with Crippen LogP contribution in [0.3, 0.4) is 0 Å². The highest BCUT2D eigenvalue weighted by atomic mass is 35.5. The molecule has 1 heterocycles. The summed E-state index contributed by atoms with van der Waals surface area (Å²) in [7, 11) is 1.80. The van der Waals surface area contributed by atoms with E-state index >= 15 is 0 Å². The SMILES string of the molecule is CC(NC(=O)c1cccn1C)C(O)c1ccc(Cl)cc1. The number of benzene rings is 1. The summed E-state index contributed by atoms with van der Waals surface area (Å²) in [5.41, 5.74) is 1.27. The number of rotatable bonds is 4. The number of aromatic nitrogens is 1. The summed E-state index contributed by atoms with van der Waals surface area (Å²) < 4.78 is 1.73. The molecule has 0 bridgehead atoms. The second kappa shape index (κ2) is 6.11. The van der Waals surface area contributed by atoms with Crippen molar-refractivity contribution in [3.05, 3.63) is 58.9 Å². The Morgan fingerprint density at radius 3 is 2.50 bits per heavy atom. The van der Waals surface area contributed by atoms with Gasteiger partial charge in [-0.05, 0) is 36.8 Å². The van der Waals surface area contributed by atoms with Crippen LogP contribution in [-0.2, 0) is 7.05 Å². The first-order valence-electron chi connectivity index (χ1n) is 6.35. The number of carbonyl (C=O) groups excluding carboxylic acids is 1. The lowest BCUT2D eigenvalue weighted by atomic mass is 10.0. The quantitative estimate of drug-likeness (QED) is 0.910. The highest BCUT2D eigenvalue weighted by Crippen LogP contribution is 2.19. The maximum atomic E-state index is 12.1. The second-order valence-electron chi connectivity index (χ2n) is 4.76. The number of hydrogen-bond acceptors (Lipinski definition) is 2. The van der Waals surface area contributed by atoms with Crippen molar-refractivity contribution in [2.24, 2.45) is 7.05 Å². The number of carbonyl (C=O) groups is 1. The topological polar surface area (TPSA) is 54.3 Å². The molecule has 2 unspecified atom stereocenters. The molecule has 106 valence electrons. The zero-order valence-electron chi connectivity index (χ0n) is 11.4. The van der Waals surface area contributed by atoms with E-state index in [-0.39, 0.29) is 5.91 Å². The summed E-state index contributed by atoms with van der Waals surface area (Å²) >= 11 is 5.81. The predicted octanol–water partition coefficient (Wildman–Crippen LogP) is 2.53. The smallest absolute Gasteiger partial charge is 0.268 e. The van der Waals surface area contributed by atoms with Gasteiger partial charge in [-0.3, -0.25) is 4.79 Å². The molecule has 0 aliphatic rings. The van der Waals surface area contributed by atoms with Gasteiger partial charge in [0.2, 0.25) is 0 Å². The van der Waals surface area contributed by atoms with Crippen LogP contribution in [0.15, 0.2) is 42.6 Å². The highest BCUT2D eigenvalue weighted by Gasteiger charge is 2.20. The van der Waals surface area contributed by atoms with Crippen LogP contribution in [-0.4, -0.2) is 21.6 Å². The number of aliphatic hydroxyl groups is 1. The molecule has 2 aromatic rings. The fourth-order valence-electron chi connectivity index (χ4n) is 2.01. The van der Waals surface area contributed by atoms with Gasteiger partial charge in [0.05, 0.1) is 12.1 Å². The van der Waals surface area contributed by atoms with E-state index in [2.05, 4.69) is 5.32 Å². The third-order valence-electron chi connectivity index (χ3n) is 3.22. The van der Waals surface area contributed by atoms with Gasteiger partial charge < -0.3 is 15.0 Å². The van der Waals surface area contributed by atoms with E-state index in [1.165, 1.54) is 0 Å². The lowest BCUT2D eigenvalue weighted by molar-refractivity contribution is 0.0844. The van der Waals surface area contributed by atoms with E-state index in [1.807, 2.05) is 0 Å². The molecule has 2 rings (SSSR count). The first kappa shape index (κ1) is 14.6. The highest BCUT2D eigenvalue weighted by molar-refractivity contribution is 6.30. The van der Waals surface area contributed by atoms with Crippen LogP contribution in [0.4, 0.5) is 0 Å². The average molecular weight is 293 g/mol. The van der Waals surface area contributed by atoms with Crippen molar-refractivity contribution in [2.45, 2.75) is 19.1 Å². The van der Waals surface area contributed by atoms with Crippen molar-refractivity contribution in [3.63, 3.8) is 0 Å². The molecule has 20 heavy (non-hydrogen) atoms. The molecule has 4 nitrogen and oxygen atoms in total. The van der Waals surface area contributed by atoms with E-state index < -0.39 is 12.1 Å². The van der Waals surface area contributed by atoms with Crippen molar-refractivity contribution in [2.75, 3.05) is 0 Å². The third kappa shape index (κ3) is 3.21. The number of hydrogen-bond donors (Lipinski definition) is 2. The number of amides is 1. The Morgan fingerprint density at radius 1 is 1.30 bits per heavy atom. The third-order valence-corrected chi connectivity index (χ3v) is 3.47. The van der Waals surface area contributed by atoms with Crippen LogP contribution in [0.5, 0.6) is 0 Å². The largest absolute Gasteiger partial charge is 0.386 e. The molecular formula is C15H17ClN2O2. The zero-order chi connectivity index (χ0) is 14.7. The monoisotopic (exact) mass is 292 g/mol. The fraction of sp³-hybridized carbons (Fsp3) is 0.267. The van der Waals surface area contributed by atoms with Gasteiger partial charge in [0.1, 0.15) is 5.69 Å². The minimum absolute atomic E-state index is 0.210. The Kier molecular flexibility index (Phi) is 4.47. The molecule has 0 spiro atoms. The minimum atomic E-state index is -0.781. The normalized spacial score (nSPS) is 13.8. The summed E-state index contributed by atoms with van der Waals surface area (Å²) in [5.74, 6) is -0.210. The Balaban J connectivity index is 2.04. The molecule has 2 N–H and O–H groups in total. The molecule has 0 fully saturated rings. The lowest BCUT2D eigenvalue weighted by Crippen LogP contribution is -2.37. The Hall–Kier alpha value is -1.78. The van der Waals surface area contributed by atoms with Crippen molar-refractivity contribution in [3.8, 4) is 0 Å². The van der Waals surface area contributed by atoms with Gasteiger partial charge in [-0.15, -0.1) is 0 Å². The van der Waals surface area contributed by atoms with Crippen LogP contribution in [0.25, 0.3) is 0 Å². The maximum absolute atomic E-state index is 12.1. The molecule has 0 aliphatic carbocycles. The van der Waals surface area contributed by atoms with Crippen molar-refractivity contribution >= 4 is 17.5 Å². The Morgan fingerprint density at radius 2 is 1.95 bits per heavy atom. The van der Waals surface area contributed by atoms with Crippen LogP contribution in [0, 0.1) is 0 Å². The number of nitrogens with zero attached hydrogens (tertiary/aromatic N) is 1. The lowest BCUT2D eigenvalue weighted by Gasteiger charge is -2.20. The molecule has 1 amide bonds. The molecule has 0 saturated heterocycles. The Labute approximate surface area is 123 Å². The zero-order valence-corrected chi connectivity index (χ0v) is 12.1. The van der Waals surface area contributed by atoms with Gasteiger partial charge in [-0.1, -0.05) is 23.7 Å². The number of halogens is 1. The van der Waals surface area contributed by atoms with Gasteiger partial charge in [0.25, 0.3) is 5.91 Å². The molecule has 1 aromatic heterocycles. The summed E-state index contributed by atoms with van der Waals surface area (Å²) in [5, 5.41) is 13.6. The van der Waals surface area contributed by atoms with E-state index in [9.17, 15) is 9.90 Å². The van der Waals surface area contributed by atoms with Crippen LogP contribution < -0.4 is 5.32 Å². The summed E-state index contributed by atoms with van der Waals surface area (Å²) in [6.45, 7) is 1.76. The van der Waals surface area contributed by atoms with E-state index in [0.29, 0.717) is 16.3 Å². The van der Waals surface area contributed by atoms with Crippen molar-refractivity contribution in [1.29, 1.82) is 0 Å². The molecule has 0 aliphatic heterocycles.